The van der Waals surface area contributed by atoms with E-state index >= 15 is 0 Å². The molecule has 0 spiro atoms. The summed E-state index contributed by atoms with van der Waals surface area (Å²) in [4.78, 5) is 47.0. The Morgan fingerprint density at radius 2 is 1.86 bits per heavy atom. The van der Waals surface area contributed by atoms with Crippen molar-refractivity contribution in [1.82, 2.24) is 9.55 Å². The van der Waals surface area contributed by atoms with Gasteiger partial charge in [0.15, 0.2) is 5.16 Å². The summed E-state index contributed by atoms with van der Waals surface area (Å²) in [6.07, 6.45) is 1.88. The summed E-state index contributed by atoms with van der Waals surface area (Å²) in [5.74, 6) is -0.326. The van der Waals surface area contributed by atoms with Crippen LogP contribution in [0.25, 0.3) is 10.2 Å². The highest BCUT2D eigenvalue weighted by atomic mass is 32.2. The van der Waals surface area contributed by atoms with Crippen LogP contribution in [0.3, 0.4) is 0 Å². The van der Waals surface area contributed by atoms with Gasteiger partial charge in [0.05, 0.1) is 24.3 Å². The summed E-state index contributed by atoms with van der Waals surface area (Å²) < 4.78 is 6.79. The van der Waals surface area contributed by atoms with Crippen molar-refractivity contribution in [3.05, 3.63) is 86.5 Å². The van der Waals surface area contributed by atoms with Crippen LogP contribution in [0.5, 0.6) is 0 Å². The largest absolute Gasteiger partial charge is 0.462 e. The van der Waals surface area contributed by atoms with E-state index in [1.807, 2.05) is 53.4 Å². The van der Waals surface area contributed by atoms with Crippen LogP contribution in [0, 0.1) is 6.92 Å². The number of ether oxygens (including phenoxy) is 1. The number of thiophene rings is 1. The molecule has 0 bridgehead atoms. The molecule has 7 nitrogen and oxygen atoms in total. The van der Waals surface area contributed by atoms with Gasteiger partial charge in [-0.1, -0.05) is 60.3 Å². The number of thioether (sulfide) groups is 1. The number of hydrogen-bond acceptors (Lipinski definition) is 7. The van der Waals surface area contributed by atoms with E-state index in [1.54, 1.807) is 18.4 Å². The fourth-order valence-corrected chi connectivity index (χ4v) is 6.59. The zero-order valence-corrected chi connectivity index (χ0v) is 22.4. The number of amides is 1. The molecule has 0 atom stereocenters. The molecule has 1 aliphatic heterocycles. The number of aryl methyl sites for hydroxylation is 2. The first-order chi connectivity index (χ1) is 18.0. The second kappa shape index (κ2) is 10.9. The van der Waals surface area contributed by atoms with Gasteiger partial charge in [-0.25, -0.2) is 9.78 Å². The van der Waals surface area contributed by atoms with E-state index in [1.165, 1.54) is 17.3 Å². The molecular formula is C28H27N3O4S2. The molecule has 1 aliphatic rings. The lowest BCUT2D eigenvalue weighted by Crippen LogP contribution is -2.36. The number of esters is 1. The molecule has 2 aromatic heterocycles. The number of rotatable bonds is 7. The van der Waals surface area contributed by atoms with Crippen molar-refractivity contribution >= 4 is 50.9 Å². The molecule has 0 fully saturated rings. The Hall–Kier alpha value is -3.43. The average Bonchev–Trinajstić information content (AvgIpc) is 3.25. The summed E-state index contributed by atoms with van der Waals surface area (Å²) in [7, 11) is 0. The summed E-state index contributed by atoms with van der Waals surface area (Å²) in [5, 5.41) is 0.876. The Balaban J connectivity index is 1.51. The lowest BCUT2D eigenvalue weighted by Gasteiger charge is -2.29. The van der Waals surface area contributed by atoms with Gasteiger partial charge in [-0.3, -0.25) is 14.2 Å². The molecule has 0 unspecified atom stereocenters. The van der Waals surface area contributed by atoms with Crippen LogP contribution < -0.4 is 10.5 Å². The highest BCUT2D eigenvalue weighted by Gasteiger charge is 2.25. The molecule has 2 aromatic carbocycles. The Bertz CT molecular complexity index is 1530. The van der Waals surface area contributed by atoms with Crippen molar-refractivity contribution in [2.45, 2.75) is 38.4 Å². The smallest absolute Gasteiger partial charge is 0.348 e. The third kappa shape index (κ3) is 5.06. The first-order valence-corrected chi connectivity index (χ1v) is 14.0. The van der Waals surface area contributed by atoms with Crippen molar-refractivity contribution in [2.75, 3.05) is 23.8 Å². The Kier molecular flexibility index (Phi) is 7.43. The summed E-state index contributed by atoms with van der Waals surface area (Å²) in [5.41, 5.74) is 3.43. The molecule has 4 aromatic rings. The number of carbonyl (C=O) groups is 2. The van der Waals surface area contributed by atoms with Gasteiger partial charge in [0.2, 0.25) is 5.91 Å². The summed E-state index contributed by atoms with van der Waals surface area (Å²) in [6, 6.07) is 17.7. The van der Waals surface area contributed by atoms with Gasteiger partial charge < -0.3 is 9.64 Å². The van der Waals surface area contributed by atoms with Gasteiger partial charge in [0, 0.05) is 12.2 Å². The zero-order chi connectivity index (χ0) is 25.9. The maximum absolute atomic E-state index is 13.7. The fourth-order valence-electron chi connectivity index (χ4n) is 4.60. The maximum Gasteiger partial charge on any atom is 0.348 e. The molecule has 37 heavy (non-hydrogen) atoms. The minimum absolute atomic E-state index is 0.0210. The fraction of sp³-hybridized carbons (Fsp3) is 0.286. The van der Waals surface area contributed by atoms with Crippen LogP contribution >= 0.6 is 23.1 Å². The summed E-state index contributed by atoms with van der Waals surface area (Å²) in [6.45, 7) is 4.74. The average molecular weight is 534 g/mol. The number of para-hydroxylation sites is 1. The first-order valence-electron chi connectivity index (χ1n) is 12.2. The molecule has 0 saturated carbocycles. The maximum atomic E-state index is 13.7. The third-order valence-electron chi connectivity index (χ3n) is 6.40. The number of benzene rings is 2. The Labute approximate surface area is 223 Å². The first kappa shape index (κ1) is 25.2. The van der Waals surface area contributed by atoms with Gasteiger partial charge in [-0.15, -0.1) is 11.3 Å². The van der Waals surface area contributed by atoms with Crippen LogP contribution in [0.2, 0.25) is 0 Å². The van der Waals surface area contributed by atoms with Gasteiger partial charge in [0.25, 0.3) is 5.56 Å². The number of fused-ring (bicyclic) bond motifs is 2. The van der Waals surface area contributed by atoms with Crippen LogP contribution in [0.1, 0.15) is 39.7 Å². The van der Waals surface area contributed by atoms with Crippen LogP contribution in [0.4, 0.5) is 5.69 Å². The molecule has 0 saturated heterocycles. The van der Waals surface area contributed by atoms with E-state index in [4.69, 9.17) is 9.72 Å². The van der Waals surface area contributed by atoms with Gasteiger partial charge >= 0.3 is 5.97 Å². The number of hydrogen-bond donors (Lipinski definition) is 0. The Morgan fingerprint density at radius 1 is 1.11 bits per heavy atom. The molecule has 3 heterocycles. The monoisotopic (exact) mass is 533 g/mol. The van der Waals surface area contributed by atoms with Crippen molar-refractivity contribution in [2.24, 2.45) is 0 Å². The molecule has 1 amide bonds. The highest BCUT2D eigenvalue weighted by molar-refractivity contribution is 7.99. The Morgan fingerprint density at radius 3 is 2.65 bits per heavy atom. The second-order valence-corrected chi connectivity index (χ2v) is 10.7. The lowest BCUT2D eigenvalue weighted by atomic mass is 10.0. The molecule has 0 radical (unpaired) electrons. The number of nitrogens with zero attached hydrogens (tertiary/aromatic N) is 3. The van der Waals surface area contributed by atoms with Crippen molar-refractivity contribution in [3.63, 3.8) is 0 Å². The van der Waals surface area contributed by atoms with Crippen LogP contribution in [-0.4, -0.2) is 40.3 Å². The van der Waals surface area contributed by atoms with E-state index in [2.05, 4.69) is 6.07 Å². The topological polar surface area (TPSA) is 81.5 Å². The van der Waals surface area contributed by atoms with Crippen LogP contribution in [0.15, 0.2) is 64.5 Å². The standard InChI is InChI=1S/C28H27N3O4S2/c1-3-35-27(34)24-18(2)23-25(37-24)29-28(31(26(23)33)16-19-10-5-4-6-11-19)36-17-22(32)30-15-9-13-20-12-7-8-14-21(20)30/h4-8,10-12,14H,3,9,13,15-17H2,1-2H3. The van der Waals surface area contributed by atoms with E-state index in [-0.39, 0.29) is 23.8 Å². The lowest BCUT2D eigenvalue weighted by molar-refractivity contribution is -0.116. The molecule has 190 valence electrons. The number of anilines is 1. The minimum atomic E-state index is -0.454. The van der Waals surface area contributed by atoms with Crippen molar-refractivity contribution in [1.29, 1.82) is 0 Å². The number of carbonyl (C=O) groups excluding carboxylic acids is 2. The van der Waals surface area contributed by atoms with Crippen LogP contribution in [-0.2, 0) is 22.5 Å². The van der Waals surface area contributed by atoms with E-state index in [0.717, 1.165) is 35.4 Å². The highest BCUT2D eigenvalue weighted by Crippen LogP contribution is 2.31. The van der Waals surface area contributed by atoms with Gasteiger partial charge in [-0.05, 0) is 49.4 Å². The predicted molar refractivity (Wildman–Crippen MR) is 148 cm³/mol. The van der Waals surface area contributed by atoms with Crippen molar-refractivity contribution in [3.8, 4) is 0 Å². The molecular weight excluding hydrogens is 506 g/mol. The summed E-state index contributed by atoms with van der Waals surface area (Å²) >= 11 is 2.42. The van der Waals surface area contributed by atoms with Gasteiger partial charge in [-0.2, -0.15) is 0 Å². The quantitative estimate of drug-likeness (QED) is 0.188. The third-order valence-corrected chi connectivity index (χ3v) is 8.52. The van der Waals surface area contributed by atoms with E-state index in [0.29, 0.717) is 38.9 Å². The zero-order valence-electron chi connectivity index (χ0n) is 20.7. The predicted octanol–water partition coefficient (Wildman–Crippen LogP) is 5.06. The minimum Gasteiger partial charge on any atom is -0.462 e. The number of aromatic nitrogens is 2. The molecule has 9 heteroatoms. The van der Waals surface area contributed by atoms with E-state index in [9.17, 15) is 14.4 Å². The molecule has 0 N–H and O–H groups in total. The molecule has 5 rings (SSSR count). The SMILES string of the molecule is CCOC(=O)c1sc2nc(SCC(=O)N3CCCc4ccccc43)n(Cc3ccccc3)c(=O)c2c1C. The van der Waals surface area contributed by atoms with E-state index < -0.39 is 5.97 Å². The normalized spacial score (nSPS) is 13.0. The second-order valence-electron chi connectivity index (χ2n) is 8.79. The van der Waals surface area contributed by atoms with Gasteiger partial charge in [0.1, 0.15) is 9.71 Å². The van der Waals surface area contributed by atoms with Crippen molar-refractivity contribution < 1.29 is 14.3 Å². The molecule has 0 aliphatic carbocycles.